The normalized spacial score (nSPS) is 22.2. The largest absolute Gasteiger partial charge is 0.497 e. The molecular formula is C18H21N3O2S. The van der Waals surface area contributed by atoms with Crippen LogP contribution in [0, 0.1) is 0 Å². The lowest BCUT2D eigenvalue weighted by Gasteiger charge is -2.27. The summed E-state index contributed by atoms with van der Waals surface area (Å²) in [5, 5.41) is 4.20. The van der Waals surface area contributed by atoms with Gasteiger partial charge in [0.1, 0.15) is 5.75 Å². The number of fused-ring (bicyclic) bond motifs is 2. The molecule has 0 fully saturated rings. The van der Waals surface area contributed by atoms with Crippen LogP contribution in [-0.4, -0.2) is 36.2 Å². The molecule has 0 saturated carbocycles. The molecule has 0 spiro atoms. The number of aliphatic imine (C=N–C) groups is 1. The molecule has 0 saturated heterocycles. The molecule has 1 aromatic rings. The molecule has 1 aliphatic carbocycles. The Morgan fingerprint density at radius 2 is 2.33 bits per heavy atom. The first-order valence-corrected chi connectivity index (χ1v) is 9.17. The van der Waals surface area contributed by atoms with Gasteiger partial charge in [-0.15, -0.1) is 0 Å². The van der Waals surface area contributed by atoms with E-state index in [1.807, 2.05) is 13.0 Å². The molecular weight excluding hydrogens is 322 g/mol. The lowest BCUT2D eigenvalue weighted by atomic mass is 9.87. The molecule has 126 valence electrons. The molecule has 2 heterocycles. The van der Waals surface area contributed by atoms with Crippen molar-refractivity contribution in [1.29, 1.82) is 0 Å². The Bertz CT molecular complexity index is 757. The predicted molar refractivity (Wildman–Crippen MR) is 96.1 cm³/mol. The average Bonchev–Trinajstić information content (AvgIpc) is 3.18. The minimum absolute atomic E-state index is 0.0169. The van der Waals surface area contributed by atoms with Crippen molar-refractivity contribution in [3.63, 3.8) is 0 Å². The highest BCUT2D eigenvalue weighted by molar-refractivity contribution is 8.18. The SMILES string of the molecule is COc1ccc2c(c1)CCCC2NC(=O)C1=C(C)N2CCN=C2S1. The number of carbonyl (C=O) groups is 1. The summed E-state index contributed by atoms with van der Waals surface area (Å²) in [6.07, 6.45) is 3.10. The molecule has 24 heavy (non-hydrogen) atoms. The standard InChI is InChI=1S/C18H21N3O2S/c1-11-16(24-18-19-8-9-21(11)18)17(22)20-15-5-3-4-12-10-13(23-2)6-7-14(12)15/h6-7,10,15H,3-5,8-9H2,1-2H3,(H,20,22). The van der Waals surface area contributed by atoms with Crippen LogP contribution in [0.4, 0.5) is 0 Å². The number of hydrogen-bond acceptors (Lipinski definition) is 5. The van der Waals surface area contributed by atoms with Crippen LogP contribution in [0.5, 0.6) is 5.75 Å². The molecule has 1 atom stereocenters. The van der Waals surface area contributed by atoms with Crippen LogP contribution in [0.25, 0.3) is 0 Å². The first kappa shape index (κ1) is 15.6. The second kappa shape index (κ2) is 6.16. The number of aryl methyl sites for hydroxylation is 1. The number of nitrogens with zero attached hydrogens (tertiary/aromatic N) is 2. The predicted octanol–water partition coefficient (Wildman–Crippen LogP) is 2.84. The Kier molecular flexibility index (Phi) is 4.00. The highest BCUT2D eigenvalue weighted by Crippen LogP contribution is 2.38. The van der Waals surface area contributed by atoms with Crippen molar-refractivity contribution in [3.05, 3.63) is 39.9 Å². The van der Waals surface area contributed by atoms with E-state index in [0.29, 0.717) is 0 Å². The van der Waals surface area contributed by atoms with Gasteiger partial charge in [-0.1, -0.05) is 6.07 Å². The molecule has 1 unspecified atom stereocenters. The fourth-order valence-corrected chi connectivity index (χ4v) is 4.70. The van der Waals surface area contributed by atoms with Crippen molar-refractivity contribution in [2.45, 2.75) is 32.2 Å². The van der Waals surface area contributed by atoms with E-state index in [2.05, 4.69) is 27.3 Å². The maximum Gasteiger partial charge on any atom is 0.260 e. The number of methoxy groups -OCH3 is 1. The molecule has 1 aromatic carbocycles. The zero-order valence-corrected chi connectivity index (χ0v) is 14.8. The summed E-state index contributed by atoms with van der Waals surface area (Å²) in [5.74, 6) is 0.896. The summed E-state index contributed by atoms with van der Waals surface area (Å²) in [7, 11) is 1.69. The minimum atomic E-state index is 0.0169. The van der Waals surface area contributed by atoms with Crippen molar-refractivity contribution in [3.8, 4) is 5.75 Å². The third-order valence-electron chi connectivity index (χ3n) is 4.90. The van der Waals surface area contributed by atoms with E-state index in [4.69, 9.17) is 4.74 Å². The molecule has 5 nitrogen and oxygen atoms in total. The second-order valence-electron chi connectivity index (χ2n) is 6.32. The van der Waals surface area contributed by atoms with Crippen molar-refractivity contribution >= 4 is 22.8 Å². The Balaban J connectivity index is 1.54. The van der Waals surface area contributed by atoms with E-state index in [1.54, 1.807) is 7.11 Å². The fourth-order valence-electron chi connectivity index (χ4n) is 3.61. The van der Waals surface area contributed by atoms with Gasteiger partial charge in [-0.05, 0) is 61.2 Å². The number of thioether (sulfide) groups is 1. The van der Waals surface area contributed by atoms with E-state index in [-0.39, 0.29) is 11.9 Å². The van der Waals surface area contributed by atoms with Crippen molar-refractivity contribution in [2.24, 2.45) is 4.99 Å². The van der Waals surface area contributed by atoms with Crippen molar-refractivity contribution in [2.75, 3.05) is 20.2 Å². The van der Waals surface area contributed by atoms with Crippen LogP contribution in [0.3, 0.4) is 0 Å². The maximum atomic E-state index is 12.8. The first-order chi connectivity index (χ1) is 11.7. The molecule has 4 rings (SSSR count). The van der Waals surface area contributed by atoms with Crippen LogP contribution >= 0.6 is 11.8 Å². The number of nitrogens with one attached hydrogen (secondary N) is 1. The molecule has 2 aliphatic heterocycles. The number of hydrogen-bond donors (Lipinski definition) is 1. The van der Waals surface area contributed by atoms with Gasteiger partial charge in [0.25, 0.3) is 5.91 Å². The molecule has 0 bridgehead atoms. The van der Waals surface area contributed by atoms with Crippen molar-refractivity contribution < 1.29 is 9.53 Å². The summed E-state index contributed by atoms with van der Waals surface area (Å²) in [5.41, 5.74) is 3.52. The van der Waals surface area contributed by atoms with Gasteiger partial charge in [0.05, 0.1) is 24.6 Å². The van der Waals surface area contributed by atoms with E-state index in [1.165, 1.54) is 22.9 Å². The second-order valence-corrected chi connectivity index (χ2v) is 7.29. The van der Waals surface area contributed by atoms with Gasteiger partial charge in [0.15, 0.2) is 5.17 Å². The number of benzene rings is 1. The molecule has 0 radical (unpaired) electrons. The Labute approximate surface area is 146 Å². The average molecular weight is 343 g/mol. The van der Waals surface area contributed by atoms with E-state index in [9.17, 15) is 4.79 Å². The number of carbonyl (C=O) groups excluding carboxylic acids is 1. The molecule has 0 aromatic heterocycles. The summed E-state index contributed by atoms with van der Waals surface area (Å²) in [6.45, 7) is 3.72. The number of rotatable bonds is 3. The highest BCUT2D eigenvalue weighted by atomic mass is 32.2. The first-order valence-electron chi connectivity index (χ1n) is 8.36. The van der Waals surface area contributed by atoms with Gasteiger partial charge in [0, 0.05) is 12.2 Å². The maximum absolute atomic E-state index is 12.8. The topological polar surface area (TPSA) is 53.9 Å². The summed E-state index contributed by atoms with van der Waals surface area (Å²) in [6, 6.07) is 6.23. The Morgan fingerprint density at radius 1 is 1.46 bits per heavy atom. The van der Waals surface area contributed by atoms with Gasteiger partial charge in [-0.2, -0.15) is 0 Å². The van der Waals surface area contributed by atoms with Crippen LogP contribution in [0.1, 0.15) is 36.9 Å². The third-order valence-corrected chi connectivity index (χ3v) is 6.12. The highest BCUT2D eigenvalue weighted by Gasteiger charge is 2.34. The van der Waals surface area contributed by atoms with Gasteiger partial charge >= 0.3 is 0 Å². The van der Waals surface area contributed by atoms with Crippen LogP contribution < -0.4 is 10.1 Å². The van der Waals surface area contributed by atoms with E-state index >= 15 is 0 Å². The zero-order valence-electron chi connectivity index (χ0n) is 14.0. The fraction of sp³-hybridized carbons (Fsp3) is 0.444. The molecule has 3 aliphatic rings. The monoisotopic (exact) mass is 343 g/mol. The number of amides is 1. The zero-order chi connectivity index (χ0) is 16.7. The van der Waals surface area contributed by atoms with Crippen LogP contribution in [0.15, 0.2) is 33.8 Å². The third kappa shape index (κ3) is 2.59. The summed E-state index contributed by atoms with van der Waals surface area (Å²) >= 11 is 1.50. The summed E-state index contributed by atoms with van der Waals surface area (Å²) < 4.78 is 5.32. The van der Waals surface area contributed by atoms with Crippen LogP contribution in [-0.2, 0) is 11.2 Å². The smallest absolute Gasteiger partial charge is 0.260 e. The number of amidine groups is 1. The molecule has 1 N–H and O–H groups in total. The summed E-state index contributed by atoms with van der Waals surface area (Å²) in [4.78, 5) is 20.2. The van der Waals surface area contributed by atoms with E-state index in [0.717, 1.165) is 53.9 Å². The van der Waals surface area contributed by atoms with E-state index < -0.39 is 0 Å². The Morgan fingerprint density at radius 3 is 3.12 bits per heavy atom. The minimum Gasteiger partial charge on any atom is -0.497 e. The van der Waals surface area contributed by atoms with Gasteiger partial charge < -0.3 is 15.0 Å². The van der Waals surface area contributed by atoms with Crippen LogP contribution in [0.2, 0.25) is 0 Å². The number of allylic oxidation sites excluding steroid dienone is 1. The lowest BCUT2D eigenvalue weighted by Crippen LogP contribution is -2.31. The quantitative estimate of drug-likeness (QED) is 0.917. The Hall–Kier alpha value is -1.95. The van der Waals surface area contributed by atoms with Gasteiger partial charge in [-0.25, -0.2) is 0 Å². The number of ether oxygens (including phenoxy) is 1. The van der Waals surface area contributed by atoms with Crippen molar-refractivity contribution in [1.82, 2.24) is 10.2 Å². The molecule has 6 heteroatoms. The lowest BCUT2D eigenvalue weighted by molar-refractivity contribution is -0.117. The van der Waals surface area contributed by atoms with Gasteiger partial charge in [-0.3, -0.25) is 9.79 Å². The molecule has 1 amide bonds. The van der Waals surface area contributed by atoms with Gasteiger partial charge in [0.2, 0.25) is 0 Å².